The monoisotopic (exact) mass is 403 g/mol. The molecule has 0 aliphatic carbocycles. The van der Waals surface area contributed by atoms with Crippen LogP contribution in [0.25, 0.3) is 0 Å². The summed E-state index contributed by atoms with van der Waals surface area (Å²) in [7, 11) is 1.53. The molecule has 0 atom stereocenters. The summed E-state index contributed by atoms with van der Waals surface area (Å²) < 4.78 is 16.3. The summed E-state index contributed by atoms with van der Waals surface area (Å²) >= 11 is 5.19. The number of thiocarbonyl (C=S) groups is 1. The molecule has 8 heteroatoms. The van der Waals surface area contributed by atoms with E-state index < -0.39 is 0 Å². The van der Waals surface area contributed by atoms with Gasteiger partial charge in [-0.3, -0.25) is 15.6 Å². The first-order valence-corrected chi connectivity index (χ1v) is 9.28. The molecule has 2 aromatic carbocycles. The smallest absolute Gasteiger partial charge is 0.269 e. The number of hydrazine groups is 1. The lowest BCUT2D eigenvalue weighted by Crippen LogP contribution is -2.43. The van der Waals surface area contributed by atoms with Crippen molar-refractivity contribution >= 4 is 28.9 Å². The number of hydrogen-bond acceptors (Lipinski definition) is 5. The zero-order valence-electron chi connectivity index (χ0n) is 16.4. The first kappa shape index (κ1) is 21.3. The van der Waals surface area contributed by atoms with Crippen LogP contribution < -0.4 is 30.4 Å². The zero-order valence-corrected chi connectivity index (χ0v) is 17.2. The van der Waals surface area contributed by atoms with Gasteiger partial charge in [-0.15, -0.1) is 0 Å². The van der Waals surface area contributed by atoms with E-state index in [9.17, 15) is 4.79 Å². The maximum atomic E-state index is 12.3. The molecule has 0 unspecified atom stereocenters. The molecule has 1 amide bonds. The molecular formula is C20H25N3O4S. The van der Waals surface area contributed by atoms with E-state index in [0.29, 0.717) is 23.7 Å². The van der Waals surface area contributed by atoms with Gasteiger partial charge in [-0.05, 0) is 75.5 Å². The van der Waals surface area contributed by atoms with Crippen LogP contribution in [0.5, 0.6) is 17.2 Å². The van der Waals surface area contributed by atoms with Gasteiger partial charge < -0.3 is 19.5 Å². The summed E-state index contributed by atoms with van der Waals surface area (Å²) in [5.74, 6) is 1.48. The Kier molecular flexibility index (Phi) is 7.88. The zero-order chi connectivity index (χ0) is 20.5. The van der Waals surface area contributed by atoms with E-state index in [4.69, 9.17) is 26.4 Å². The van der Waals surface area contributed by atoms with Gasteiger partial charge in [0.25, 0.3) is 5.91 Å². The lowest BCUT2D eigenvalue weighted by atomic mass is 10.2. The molecule has 3 N–H and O–H groups in total. The largest absolute Gasteiger partial charge is 0.494 e. The minimum absolute atomic E-state index is 0.00120. The molecule has 0 aliphatic heterocycles. The summed E-state index contributed by atoms with van der Waals surface area (Å²) in [5.41, 5.74) is 6.40. The van der Waals surface area contributed by atoms with Crippen molar-refractivity contribution in [2.45, 2.75) is 26.9 Å². The van der Waals surface area contributed by atoms with E-state index in [0.717, 1.165) is 11.4 Å². The molecule has 2 aromatic rings. The predicted molar refractivity (Wildman–Crippen MR) is 113 cm³/mol. The fraction of sp³-hybridized carbons (Fsp3) is 0.300. The van der Waals surface area contributed by atoms with E-state index in [2.05, 4.69) is 16.2 Å². The van der Waals surface area contributed by atoms with Crippen molar-refractivity contribution in [3.63, 3.8) is 0 Å². The van der Waals surface area contributed by atoms with Crippen molar-refractivity contribution in [3.8, 4) is 17.2 Å². The Morgan fingerprint density at radius 2 is 1.79 bits per heavy atom. The SMILES string of the molecule is CCOc1ccc(NC(=S)NNC(=O)c2ccc(OC(C)C)c(OC)c2)cc1. The molecule has 150 valence electrons. The third-order valence-electron chi connectivity index (χ3n) is 3.50. The summed E-state index contributed by atoms with van der Waals surface area (Å²) in [6.45, 7) is 6.37. The fourth-order valence-corrected chi connectivity index (χ4v) is 2.48. The van der Waals surface area contributed by atoms with E-state index in [-0.39, 0.29) is 17.1 Å². The van der Waals surface area contributed by atoms with Crippen LogP contribution in [0.3, 0.4) is 0 Å². The normalized spacial score (nSPS) is 10.2. The number of carbonyl (C=O) groups excluding carboxylic acids is 1. The van der Waals surface area contributed by atoms with Gasteiger partial charge in [-0.25, -0.2) is 0 Å². The van der Waals surface area contributed by atoms with Crippen LogP contribution in [0, 0.1) is 0 Å². The van der Waals surface area contributed by atoms with Crippen LogP contribution in [0.4, 0.5) is 5.69 Å². The molecule has 7 nitrogen and oxygen atoms in total. The first-order valence-electron chi connectivity index (χ1n) is 8.87. The summed E-state index contributed by atoms with van der Waals surface area (Å²) in [4.78, 5) is 12.3. The first-order chi connectivity index (χ1) is 13.4. The molecule has 0 bridgehead atoms. The molecule has 0 radical (unpaired) electrons. The second-order valence-electron chi connectivity index (χ2n) is 6.02. The number of hydrogen-bond donors (Lipinski definition) is 3. The van der Waals surface area contributed by atoms with Crippen LogP contribution in [-0.2, 0) is 0 Å². The van der Waals surface area contributed by atoms with Crippen molar-refractivity contribution in [3.05, 3.63) is 48.0 Å². The van der Waals surface area contributed by atoms with E-state index in [1.807, 2.05) is 45.0 Å². The van der Waals surface area contributed by atoms with Crippen LogP contribution in [0.1, 0.15) is 31.1 Å². The Balaban J connectivity index is 1.91. The Morgan fingerprint density at radius 3 is 2.39 bits per heavy atom. The highest BCUT2D eigenvalue weighted by atomic mass is 32.1. The standard InChI is InChI=1S/C20H25N3O4S/c1-5-26-16-9-7-15(8-10-16)21-20(28)23-22-19(24)14-6-11-17(27-13(2)3)18(12-14)25-4/h6-13H,5H2,1-4H3,(H,22,24)(H2,21,23,28). The summed E-state index contributed by atoms with van der Waals surface area (Å²) in [6.07, 6.45) is 0.00120. The number of rotatable bonds is 7. The molecule has 0 saturated carbocycles. The van der Waals surface area contributed by atoms with Gasteiger partial charge in [0.15, 0.2) is 16.6 Å². The van der Waals surface area contributed by atoms with E-state index in [1.165, 1.54) is 7.11 Å². The van der Waals surface area contributed by atoms with Gasteiger partial charge in [0.1, 0.15) is 5.75 Å². The average molecular weight is 404 g/mol. The molecule has 0 saturated heterocycles. The molecule has 0 fully saturated rings. The van der Waals surface area contributed by atoms with Crippen molar-refractivity contribution in [2.75, 3.05) is 19.0 Å². The summed E-state index contributed by atoms with van der Waals surface area (Å²) in [5, 5.41) is 3.23. The lowest BCUT2D eigenvalue weighted by molar-refractivity contribution is 0.0943. The van der Waals surface area contributed by atoms with Crippen molar-refractivity contribution in [1.82, 2.24) is 10.9 Å². The third kappa shape index (κ3) is 6.31. The van der Waals surface area contributed by atoms with E-state index >= 15 is 0 Å². The second kappa shape index (κ2) is 10.4. The molecule has 0 aromatic heterocycles. The van der Waals surface area contributed by atoms with E-state index in [1.54, 1.807) is 18.2 Å². The Morgan fingerprint density at radius 1 is 1.07 bits per heavy atom. The van der Waals surface area contributed by atoms with Crippen LogP contribution in [0.2, 0.25) is 0 Å². The van der Waals surface area contributed by atoms with Crippen LogP contribution in [-0.4, -0.2) is 30.8 Å². The van der Waals surface area contributed by atoms with Gasteiger partial charge in [0.2, 0.25) is 0 Å². The topological polar surface area (TPSA) is 80.9 Å². The number of benzene rings is 2. The second-order valence-corrected chi connectivity index (χ2v) is 6.43. The summed E-state index contributed by atoms with van der Waals surface area (Å²) in [6, 6.07) is 12.3. The highest BCUT2D eigenvalue weighted by molar-refractivity contribution is 7.80. The van der Waals surface area contributed by atoms with Crippen molar-refractivity contribution in [1.29, 1.82) is 0 Å². The minimum atomic E-state index is -0.356. The highest BCUT2D eigenvalue weighted by Gasteiger charge is 2.12. The van der Waals surface area contributed by atoms with Gasteiger partial charge in [0, 0.05) is 11.3 Å². The number of ether oxygens (including phenoxy) is 3. The fourth-order valence-electron chi connectivity index (χ4n) is 2.31. The van der Waals surface area contributed by atoms with Gasteiger partial charge >= 0.3 is 0 Å². The Bertz CT molecular complexity index is 810. The highest BCUT2D eigenvalue weighted by Crippen LogP contribution is 2.28. The lowest BCUT2D eigenvalue weighted by Gasteiger charge is -2.15. The molecule has 0 aliphatic rings. The number of nitrogens with one attached hydrogen (secondary N) is 3. The third-order valence-corrected chi connectivity index (χ3v) is 3.71. The quantitative estimate of drug-likeness (QED) is 0.482. The Hall–Kier alpha value is -3.00. The van der Waals surface area contributed by atoms with Gasteiger partial charge in [0.05, 0.1) is 19.8 Å². The van der Waals surface area contributed by atoms with Crippen LogP contribution >= 0.6 is 12.2 Å². The average Bonchev–Trinajstić information content (AvgIpc) is 2.67. The van der Waals surface area contributed by atoms with Crippen molar-refractivity contribution < 1.29 is 19.0 Å². The number of amides is 1. The van der Waals surface area contributed by atoms with Crippen molar-refractivity contribution in [2.24, 2.45) is 0 Å². The molecule has 28 heavy (non-hydrogen) atoms. The molecular weight excluding hydrogens is 378 g/mol. The maximum absolute atomic E-state index is 12.3. The molecule has 0 heterocycles. The molecule has 0 spiro atoms. The predicted octanol–water partition coefficient (Wildman–Crippen LogP) is 3.51. The number of methoxy groups -OCH3 is 1. The minimum Gasteiger partial charge on any atom is -0.494 e. The maximum Gasteiger partial charge on any atom is 0.269 e. The van der Waals surface area contributed by atoms with Gasteiger partial charge in [-0.1, -0.05) is 0 Å². The Labute approximate surface area is 170 Å². The number of anilines is 1. The van der Waals surface area contributed by atoms with Gasteiger partial charge in [-0.2, -0.15) is 0 Å². The van der Waals surface area contributed by atoms with Crippen LogP contribution in [0.15, 0.2) is 42.5 Å². The number of carbonyl (C=O) groups is 1. The molecule has 2 rings (SSSR count).